The van der Waals surface area contributed by atoms with Crippen LogP contribution in [0.1, 0.15) is 36.9 Å². The van der Waals surface area contributed by atoms with Crippen molar-refractivity contribution in [2.24, 2.45) is 0 Å². The van der Waals surface area contributed by atoms with Crippen LogP contribution in [-0.2, 0) is 22.4 Å². The minimum absolute atomic E-state index is 0.420. The number of aromatic nitrogens is 3. The molecule has 1 aliphatic heterocycles. The van der Waals surface area contributed by atoms with Gasteiger partial charge in [-0.15, -0.1) is 0 Å². The molecule has 37 heavy (non-hydrogen) atoms. The lowest BCUT2D eigenvalue weighted by atomic mass is 10.1. The van der Waals surface area contributed by atoms with Crippen LogP contribution in [0.15, 0.2) is 36.7 Å². The van der Waals surface area contributed by atoms with Crippen LogP contribution in [0, 0.1) is 0 Å². The van der Waals surface area contributed by atoms with E-state index in [4.69, 9.17) is 21.3 Å². The Morgan fingerprint density at radius 3 is 2.95 bits per heavy atom. The number of fused-ring (bicyclic) bond motifs is 2. The van der Waals surface area contributed by atoms with Gasteiger partial charge in [0.15, 0.2) is 0 Å². The summed E-state index contributed by atoms with van der Waals surface area (Å²) in [4.78, 5) is 27.6. The minimum Gasteiger partial charge on any atom is -0.480 e. The van der Waals surface area contributed by atoms with Crippen LogP contribution in [-0.4, -0.2) is 76.9 Å². The molecule has 0 spiro atoms. The number of anilines is 2. The highest BCUT2D eigenvalue weighted by molar-refractivity contribution is 6.35. The van der Waals surface area contributed by atoms with Crippen LogP contribution in [0.2, 0.25) is 5.02 Å². The number of benzene rings is 1. The van der Waals surface area contributed by atoms with Gasteiger partial charge < -0.3 is 25.4 Å². The van der Waals surface area contributed by atoms with E-state index < -0.39 is 12.0 Å². The van der Waals surface area contributed by atoms with Gasteiger partial charge in [0, 0.05) is 37.8 Å². The highest BCUT2D eigenvalue weighted by Crippen LogP contribution is 2.26. The molecule has 2 aromatic heterocycles. The maximum atomic E-state index is 12.1. The first-order valence-electron chi connectivity index (χ1n) is 12.9. The summed E-state index contributed by atoms with van der Waals surface area (Å²) in [5.41, 5.74) is 3.01. The number of carboxylic acid groups (broad SMARTS) is 1. The molecule has 0 saturated carbocycles. The van der Waals surface area contributed by atoms with Crippen molar-refractivity contribution in [3.05, 3.63) is 52.9 Å². The zero-order valence-corrected chi connectivity index (χ0v) is 22.0. The molecule has 0 amide bonds. The van der Waals surface area contributed by atoms with Crippen LogP contribution >= 0.6 is 11.6 Å². The lowest BCUT2D eigenvalue weighted by Gasteiger charge is -2.24. The topological polar surface area (TPSA) is 113 Å². The first-order chi connectivity index (χ1) is 18.0. The van der Waals surface area contributed by atoms with E-state index in [1.54, 1.807) is 19.2 Å². The Kier molecular flexibility index (Phi) is 9.87. The van der Waals surface area contributed by atoms with E-state index in [1.165, 1.54) is 11.9 Å². The Morgan fingerprint density at radius 2 is 2.11 bits per heavy atom. The number of rotatable bonds is 14. The van der Waals surface area contributed by atoms with Gasteiger partial charge in [-0.25, -0.2) is 19.7 Å². The number of methoxy groups -OCH3 is 1. The van der Waals surface area contributed by atoms with Gasteiger partial charge in [-0.1, -0.05) is 23.7 Å². The van der Waals surface area contributed by atoms with Crippen molar-refractivity contribution >= 4 is 40.1 Å². The molecular formula is C27H35ClN6O3. The first-order valence-corrected chi connectivity index (χ1v) is 13.3. The van der Waals surface area contributed by atoms with Crippen molar-refractivity contribution in [3.63, 3.8) is 0 Å². The van der Waals surface area contributed by atoms with Crippen molar-refractivity contribution in [1.82, 2.24) is 19.9 Å². The molecular weight excluding hydrogens is 492 g/mol. The third-order valence-electron chi connectivity index (χ3n) is 6.68. The summed E-state index contributed by atoms with van der Waals surface area (Å²) in [5.74, 6) is 0.583. The van der Waals surface area contributed by atoms with E-state index in [0.717, 1.165) is 63.3 Å². The third-order valence-corrected chi connectivity index (χ3v) is 6.98. The second-order valence-corrected chi connectivity index (χ2v) is 9.72. The summed E-state index contributed by atoms with van der Waals surface area (Å²) in [7, 11) is 1.68. The Morgan fingerprint density at radius 1 is 1.22 bits per heavy atom. The summed E-state index contributed by atoms with van der Waals surface area (Å²) in [5, 5.41) is 17.6. The normalized spacial score (nSPS) is 13.8. The zero-order valence-electron chi connectivity index (χ0n) is 21.3. The van der Waals surface area contributed by atoms with E-state index in [1.807, 2.05) is 6.07 Å². The molecule has 1 aliphatic rings. The number of pyridine rings is 1. The van der Waals surface area contributed by atoms with Crippen LogP contribution in [0.3, 0.4) is 0 Å². The molecule has 1 unspecified atom stereocenters. The number of nitrogens with zero attached hydrogens (tertiary/aromatic N) is 4. The number of carboxylic acids is 1. The Bertz CT molecular complexity index is 1190. The van der Waals surface area contributed by atoms with Crippen molar-refractivity contribution < 1.29 is 14.6 Å². The number of unbranched alkanes of at least 4 members (excludes halogenated alkanes) is 1. The van der Waals surface area contributed by atoms with Crippen LogP contribution in [0.25, 0.3) is 10.9 Å². The van der Waals surface area contributed by atoms with Crippen molar-refractivity contribution in [2.45, 2.75) is 44.6 Å². The van der Waals surface area contributed by atoms with E-state index in [2.05, 4.69) is 37.6 Å². The van der Waals surface area contributed by atoms with Crippen LogP contribution in [0.4, 0.5) is 11.6 Å². The predicted octanol–water partition coefficient (Wildman–Crippen LogP) is 4.26. The van der Waals surface area contributed by atoms with Crippen molar-refractivity contribution in [2.75, 3.05) is 50.5 Å². The number of para-hydroxylation sites is 1. The predicted molar refractivity (Wildman–Crippen MR) is 147 cm³/mol. The lowest BCUT2D eigenvalue weighted by molar-refractivity contribution is -0.138. The molecule has 198 valence electrons. The molecule has 3 heterocycles. The first kappa shape index (κ1) is 27.0. The fourth-order valence-electron chi connectivity index (χ4n) is 4.61. The minimum atomic E-state index is -0.924. The van der Waals surface area contributed by atoms with Gasteiger partial charge in [0.05, 0.1) is 17.1 Å². The molecule has 4 rings (SSSR count). The second kappa shape index (κ2) is 13.5. The van der Waals surface area contributed by atoms with Gasteiger partial charge >= 0.3 is 5.97 Å². The van der Waals surface area contributed by atoms with Gasteiger partial charge in [0.1, 0.15) is 24.0 Å². The molecule has 3 aromatic rings. The molecule has 1 aromatic carbocycles. The number of hydrogen-bond acceptors (Lipinski definition) is 8. The van der Waals surface area contributed by atoms with Gasteiger partial charge in [0.2, 0.25) is 0 Å². The van der Waals surface area contributed by atoms with Crippen LogP contribution in [0.5, 0.6) is 0 Å². The quantitative estimate of drug-likeness (QED) is 0.265. The maximum absolute atomic E-state index is 12.1. The SMILES string of the molecule is COCCN(CCCCc1ccc2c(n1)NCCC2)CCC(Nc1ncnc2c(Cl)cccc12)C(=O)O. The number of nitrogens with one attached hydrogen (secondary N) is 2. The fourth-order valence-corrected chi connectivity index (χ4v) is 4.83. The number of carbonyl (C=O) groups is 1. The largest absolute Gasteiger partial charge is 0.480 e. The molecule has 1 atom stereocenters. The van der Waals surface area contributed by atoms with Gasteiger partial charge in [0.25, 0.3) is 0 Å². The number of ether oxygens (including phenoxy) is 1. The van der Waals surface area contributed by atoms with Gasteiger partial charge in [-0.05, 0) is 68.8 Å². The summed E-state index contributed by atoms with van der Waals surface area (Å²) in [6.07, 6.45) is 7.01. The van der Waals surface area contributed by atoms with E-state index in [0.29, 0.717) is 41.3 Å². The summed E-state index contributed by atoms with van der Waals surface area (Å²) in [6, 6.07) is 8.93. The molecule has 10 heteroatoms. The molecule has 0 fully saturated rings. The summed E-state index contributed by atoms with van der Waals surface area (Å²) >= 11 is 6.25. The van der Waals surface area contributed by atoms with Crippen molar-refractivity contribution in [3.8, 4) is 0 Å². The number of aliphatic carboxylic acids is 1. The highest BCUT2D eigenvalue weighted by atomic mass is 35.5. The van der Waals surface area contributed by atoms with E-state index >= 15 is 0 Å². The zero-order chi connectivity index (χ0) is 26.0. The molecule has 0 aliphatic carbocycles. The van der Waals surface area contributed by atoms with E-state index in [9.17, 15) is 9.90 Å². The molecule has 0 bridgehead atoms. The number of hydrogen-bond donors (Lipinski definition) is 3. The standard InChI is InChI=1S/C27H35ClN6O3/c1-37-17-16-34(14-3-2-7-20-11-10-19-6-5-13-29-25(19)32-20)15-12-23(27(35)36)33-26-21-8-4-9-22(28)24(21)30-18-31-26/h4,8-11,18,23H,2-3,5-7,12-17H2,1H3,(H,29,32)(H,35,36)(H,30,31,33). The average Bonchev–Trinajstić information content (AvgIpc) is 2.91. The van der Waals surface area contributed by atoms with Gasteiger partial charge in [-0.2, -0.15) is 0 Å². The number of aryl methyl sites for hydroxylation is 2. The van der Waals surface area contributed by atoms with Crippen molar-refractivity contribution in [1.29, 1.82) is 0 Å². The fraction of sp³-hybridized carbons (Fsp3) is 0.481. The summed E-state index contributed by atoms with van der Waals surface area (Å²) < 4.78 is 5.29. The maximum Gasteiger partial charge on any atom is 0.326 e. The molecule has 0 saturated heterocycles. The Labute approximate surface area is 222 Å². The second-order valence-electron chi connectivity index (χ2n) is 9.31. The monoisotopic (exact) mass is 526 g/mol. The molecule has 9 nitrogen and oxygen atoms in total. The lowest BCUT2D eigenvalue weighted by Crippen LogP contribution is -2.37. The third kappa shape index (κ3) is 7.50. The highest BCUT2D eigenvalue weighted by Gasteiger charge is 2.21. The molecule has 3 N–H and O–H groups in total. The average molecular weight is 527 g/mol. The van der Waals surface area contributed by atoms with Gasteiger partial charge in [-0.3, -0.25) is 0 Å². The Balaban J connectivity index is 1.31. The molecule has 0 radical (unpaired) electrons. The number of halogens is 1. The Hall–Kier alpha value is -3.01. The smallest absolute Gasteiger partial charge is 0.326 e. The van der Waals surface area contributed by atoms with E-state index in [-0.39, 0.29) is 0 Å². The summed E-state index contributed by atoms with van der Waals surface area (Å²) in [6.45, 7) is 3.82. The van der Waals surface area contributed by atoms with Crippen LogP contribution < -0.4 is 10.6 Å².